The lowest BCUT2D eigenvalue weighted by Gasteiger charge is -2.07. The van der Waals surface area contributed by atoms with E-state index in [4.69, 9.17) is 11.6 Å². The molecule has 0 unspecified atom stereocenters. The Labute approximate surface area is 123 Å². The topological polar surface area (TPSA) is 85.1 Å². The molecule has 1 heterocycles. The van der Waals surface area contributed by atoms with Crippen LogP contribution in [0, 0.1) is 22.9 Å². The summed E-state index contributed by atoms with van der Waals surface area (Å²) in [5.74, 6) is -1.47. The molecule has 6 nitrogen and oxygen atoms in total. The van der Waals surface area contributed by atoms with Crippen LogP contribution in [0.2, 0.25) is 5.15 Å². The van der Waals surface area contributed by atoms with Gasteiger partial charge in [0.2, 0.25) is 0 Å². The van der Waals surface area contributed by atoms with Gasteiger partial charge in [-0.1, -0.05) is 17.7 Å². The Balaban J connectivity index is 2.36. The number of nitrogens with one attached hydrogen (secondary N) is 1. The van der Waals surface area contributed by atoms with Crippen molar-refractivity contribution in [3.05, 3.63) is 62.7 Å². The monoisotopic (exact) mass is 309 g/mol. The van der Waals surface area contributed by atoms with E-state index in [0.717, 1.165) is 12.3 Å². The van der Waals surface area contributed by atoms with Gasteiger partial charge in [0, 0.05) is 0 Å². The molecule has 0 saturated heterocycles. The van der Waals surface area contributed by atoms with E-state index in [2.05, 4.69) is 10.3 Å². The van der Waals surface area contributed by atoms with Gasteiger partial charge in [-0.3, -0.25) is 14.9 Å². The first-order valence-corrected chi connectivity index (χ1v) is 6.13. The standard InChI is InChI=1S/C13H9ClFN3O3/c1-7-2-3-10(9(15)4-7)17-13(19)8-5-12(14)16-6-11(8)18(20)21/h2-6H,1H3,(H,17,19). The molecule has 1 aromatic heterocycles. The molecule has 2 aromatic rings. The van der Waals surface area contributed by atoms with Crippen LogP contribution < -0.4 is 5.32 Å². The van der Waals surface area contributed by atoms with Crippen molar-refractivity contribution >= 4 is 28.9 Å². The van der Waals surface area contributed by atoms with Crippen LogP contribution in [0.15, 0.2) is 30.5 Å². The maximum Gasteiger partial charge on any atom is 0.300 e. The van der Waals surface area contributed by atoms with E-state index in [1.807, 2.05) is 0 Å². The van der Waals surface area contributed by atoms with E-state index in [1.165, 1.54) is 12.1 Å². The first kappa shape index (κ1) is 14.9. The Morgan fingerprint density at radius 2 is 2.14 bits per heavy atom. The van der Waals surface area contributed by atoms with Crippen LogP contribution in [0.3, 0.4) is 0 Å². The summed E-state index contributed by atoms with van der Waals surface area (Å²) in [6.45, 7) is 1.70. The summed E-state index contributed by atoms with van der Waals surface area (Å²) in [6.07, 6.45) is 0.878. The summed E-state index contributed by atoms with van der Waals surface area (Å²) in [7, 11) is 0. The van der Waals surface area contributed by atoms with Crippen molar-refractivity contribution in [2.45, 2.75) is 6.92 Å². The second-order valence-electron chi connectivity index (χ2n) is 4.22. The zero-order valence-electron chi connectivity index (χ0n) is 10.8. The zero-order valence-corrected chi connectivity index (χ0v) is 11.5. The van der Waals surface area contributed by atoms with Crippen LogP contribution in [0.25, 0.3) is 0 Å². The van der Waals surface area contributed by atoms with Gasteiger partial charge >= 0.3 is 0 Å². The third-order valence-electron chi connectivity index (χ3n) is 2.66. The van der Waals surface area contributed by atoms with Crippen molar-refractivity contribution in [2.75, 3.05) is 5.32 Å². The number of carbonyl (C=O) groups is 1. The Hall–Kier alpha value is -2.54. The Morgan fingerprint density at radius 1 is 1.43 bits per heavy atom. The largest absolute Gasteiger partial charge is 0.319 e. The summed E-state index contributed by atoms with van der Waals surface area (Å²) in [6, 6.07) is 5.27. The molecule has 0 aliphatic carbocycles. The molecule has 0 atom stereocenters. The van der Waals surface area contributed by atoms with Crippen LogP contribution >= 0.6 is 11.6 Å². The molecule has 0 fully saturated rings. The number of carbonyl (C=O) groups excluding carboxylic acids is 1. The van der Waals surface area contributed by atoms with Crippen molar-refractivity contribution in [1.29, 1.82) is 0 Å². The normalized spacial score (nSPS) is 10.2. The lowest BCUT2D eigenvalue weighted by molar-refractivity contribution is -0.385. The summed E-state index contributed by atoms with van der Waals surface area (Å²) in [5.41, 5.74) is -0.194. The number of aromatic nitrogens is 1. The minimum Gasteiger partial charge on any atom is -0.319 e. The molecule has 108 valence electrons. The molecule has 8 heteroatoms. The molecule has 0 aliphatic rings. The fourth-order valence-corrected chi connectivity index (χ4v) is 1.82. The second kappa shape index (κ2) is 5.84. The lowest BCUT2D eigenvalue weighted by Crippen LogP contribution is -2.15. The number of hydrogen-bond donors (Lipinski definition) is 1. The van der Waals surface area contributed by atoms with Crippen molar-refractivity contribution < 1.29 is 14.1 Å². The van der Waals surface area contributed by atoms with E-state index in [0.29, 0.717) is 5.56 Å². The molecular weight excluding hydrogens is 301 g/mol. The van der Waals surface area contributed by atoms with Crippen LogP contribution in [0.5, 0.6) is 0 Å². The first-order valence-electron chi connectivity index (χ1n) is 5.76. The summed E-state index contributed by atoms with van der Waals surface area (Å²) in [4.78, 5) is 25.7. The Morgan fingerprint density at radius 3 is 2.76 bits per heavy atom. The smallest absolute Gasteiger partial charge is 0.300 e. The summed E-state index contributed by atoms with van der Waals surface area (Å²) >= 11 is 5.63. The third kappa shape index (κ3) is 3.32. The van der Waals surface area contributed by atoms with Gasteiger partial charge in [0.25, 0.3) is 11.6 Å². The van der Waals surface area contributed by atoms with E-state index < -0.39 is 22.3 Å². The van der Waals surface area contributed by atoms with E-state index in [-0.39, 0.29) is 16.4 Å². The van der Waals surface area contributed by atoms with Crippen molar-refractivity contribution in [3.8, 4) is 0 Å². The molecule has 21 heavy (non-hydrogen) atoms. The number of hydrogen-bond acceptors (Lipinski definition) is 4. The molecule has 1 amide bonds. The predicted octanol–water partition coefficient (Wildman–Crippen LogP) is 3.34. The van der Waals surface area contributed by atoms with E-state index in [1.54, 1.807) is 13.0 Å². The number of halogens is 2. The molecule has 0 spiro atoms. The summed E-state index contributed by atoms with van der Waals surface area (Å²) in [5, 5.41) is 13.1. The van der Waals surface area contributed by atoms with E-state index in [9.17, 15) is 19.3 Å². The predicted molar refractivity (Wildman–Crippen MR) is 75.0 cm³/mol. The van der Waals surface area contributed by atoms with Crippen LogP contribution in [-0.4, -0.2) is 15.8 Å². The van der Waals surface area contributed by atoms with Gasteiger partial charge in [-0.05, 0) is 30.7 Å². The number of amides is 1. The van der Waals surface area contributed by atoms with E-state index >= 15 is 0 Å². The van der Waals surface area contributed by atoms with Crippen molar-refractivity contribution in [1.82, 2.24) is 4.98 Å². The number of benzene rings is 1. The highest BCUT2D eigenvalue weighted by atomic mass is 35.5. The van der Waals surface area contributed by atoms with Gasteiger partial charge in [-0.25, -0.2) is 9.37 Å². The molecule has 0 bridgehead atoms. The molecule has 0 radical (unpaired) electrons. The number of pyridine rings is 1. The van der Waals surface area contributed by atoms with Gasteiger partial charge < -0.3 is 5.32 Å². The number of rotatable bonds is 3. The van der Waals surface area contributed by atoms with Gasteiger partial charge in [0.1, 0.15) is 22.7 Å². The third-order valence-corrected chi connectivity index (χ3v) is 2.87. The average molecular weight is 310 g/mol. The zero-order chi connectivity index (χ0) is 15.6. The molecule has 1 aromatic carbocycles. The molecule has 0 aliphatic heterocycles. The quantitative estimate of drug-likeness (QED) is 0.535. The van der Waals surface area contributed by atoms with Gasteiger partial charge in [-0.2, -0.15) is 0 Å². The number of aryl methyl sites for hydroxylation is 1. The summed E-state index contributed by atoms with van der Waals surface area (Å²) < 4.78 is 13.7. The Bertz CT molecular complexity index is 737. The fraction of sp³-hybridized carbons (Fsp3) is 0.0769. The fourth-order valence-electron chi connectivity index (χ4n) is 1.66. The van der Waals surface area contributed by atoms with Crippen molar-refractivity contribution in [3.63, 3.8) is 0 Å². The van der Waals surface area contributed by atoms with Crippen LogP contribution in [-0.2, 0) is 0 Å². The minimum absolute atomic E-state index is 0.0740. The molecule has 0 saturated carbocycles. The second-order valence-corrected chi connectivity index (χ2v) is 4.61. The number of nitrogens with zero attached hydrogens (tertiary/aromatic N) is 2. The van der Waals surface area contributed by atoms with Crippen LogP contribution in [0.4, 0.5) is 15.8 Å². The van der Waals surface area contributed by atoms with Crippen LogP contribution in [0.1, 0.15) is 15.9 Å². The first-order chi connectivity index (χ1) is 9.88. The maximum absolute atomic E-state index is 13.7. The highest BCUT2D eigenvalue weighted by Crippen LogP contribution is 2.23. The van der Waals surface area contributed by atoms with Gasteiger partial charge in [0.05, 0.1) is 10.6 Å². The van der Waals surface area contributed by atoms with Gasteiger partial charge in [0.15, 0.2) is 0 Å². The minimum atomic E-state index is -0.839. The average Bonchev–Trinajstić information content (AvgIpc) is 2.41. The SMILES string of the molecule is Cc1ccc(NC(=O)c2cc(Cl)ncc2[N+](=O)[O-])c(F)c1. The lowest BCUT2D eigenvalue weighted by atomic mass is 10.2. The molecule has 2 rings (SSSR count). The molecule has 1 N–H and O–H groups in total. The highest BCUT2D eigenvalue weighted by molar-refractivity contribution is 6.30. The highest BCUT2D eigenvalue weighted by Gasteiger charge is 2.22. The number of nitro groups is 1. The Kier molecular flexibility index (Phi) is 4.13. The number of anilines is 1. The maximum atomic E-state index is 13.7. The van der Waals surface area contributed by atoms with Crippen molar-refractivity contribution in [2.24, 2.45) is 0 Å². The molecular formula is C13H9ClFN3O3. The van der Waals surface area contributed by atoms with Gasteiger partial charge in [-0.15, -0.1) is 0 Å².